The van der Waals surface area contributed by atoms with Crippen molar-refractivity contribution in [2.24, 2.45) is 23.7 Å². The van der Waals surface area contributed by atoms with Crippen molar-refractivity contribution in [3.05, 3.63) is 0 Å². The topological polar surface area (TPSA) is 0 Å². The Hall–Kier alpha value is 0. The molecule has 0 aliphatic heterocycles. The van der Waals surface area contributed by atoms with E-state index in [9.17, 15) is 0 Å². The van der Waals surface area contributed by atoms with Crippen molar-refractivity contribution in [1.29, 1.82) is 0 Å². The maximum Gasteiger partial charge on any atom is -0.0363 e. The van der Waals surface area contributed by atoms with Gasteiger partial charge in [0.25, 0.3) is 0 Å². The molecule has 0 aromatic rings. The van der Waals surface area contributed by atoms with Gasteiger partial charge in [0.1, 0.15) is 0 Å². The Morgan fingerprint density at radius 3 is 1.94 bits per heavy atom. The van der Waals surface area contributed by atoms with Gasteiger partial charge in [0.15, 0.2) is 0 Å². The summed E-state index contributed by atoms with van der Waals surface area (Å²) in [6.07, 6.45) is 13.3. The highest BCUT2D eigenvalue weighted by molar-refractivity contribution is 4.74. The van der Waals surface area contributed by atoms with Crippen LogP contribution in [0.2, 0.25) is 0 Å². The molecule has 1 aliphatic rings. The van der Waals surface area contributed by atoms with Crippen molar-refractivity contribution in [3.8, 4) is 0 Å². The highest BCUT2D eigenvalue weighted by atomic mass is 14.3. The number of hydrogen-bond donors (Lipinski definition) is 0. The molecule has 0 bridgehead atoms. The minimum atomic E-state index is 0.868. The van der Waals surface area contributed by atoms with E-state index >= 15 is 0 Å². The zero-order valence-electron chi connectivity index (χ0n) is 12.7. The Balaban J connectivity index is 2.49. The molecule has 0 nitrogen and oxygen atoms in total. The largest absolute Gasteiger partial charge is 0.0628 e. The maximum absolute atomic E-state index is 2.52. The van der Waals surface area contributed by atoms with Gasteiger partial charge in [-0.3, -0.25) is 0 Å². The summed E-state index contributed by atoms with van der Waals surface area (Å²) in [5, 5.41) is 0. The smallest absolute Gasteiger partial charge is 0.0363 e. The van der Waals surface area contributed by atoms with Crippen LogP contribution in [0.15, 0.2) is 0 Å². The summed E-state index contributed by atoms with van der Waals surface area (Å²) in [4.78, 5) is 0. The zero-order chi connectivity index (χ0) is 12.7. The summed E-state index contributed by atoms with van der Waals surface area (Å²) in [5.41, 5.74) is 0. The molecule has 0 N–H and O–H groups in total. The van der Waals surface area contributed by atoms with E-state index in [2.05, 4.69) is 27.7 Å². The van der Waals surface area contributed by atoms with Gasteiger partial charge in [-0.15, -0.1) is 0 Å². The van der Waals surface area contributed by atoms with Crippen LogP contribution in [-0.2, 0) is 0 Å². The fourth-order valence-corrected chi connectivity index (χ4v) is 3.82. The third kappa shape index (κ3) is 5.93. The Labute approximate surface area is 110 Å². The maximum atomic E-state index is 2.52. The number of hydrogen-bond acceptors (Lipinski definition) is 0. The Kier molecular flexibility index (Phi) is 7.23. The average Bonchev–Trinajstić information content (AvgIpc) is 2.26. The first-order valence-corrected chi connectivity index (χ1v) is 8.11. The van der Waals surface area contributed by atoms with Crippen molar-refractivity contribution >= 4 is 0 Å². The average molecular weight is 238 g/mol. The van der Waals surface area contributed by atoms with E-state index in [0.717, 1.165) is 23.7 Å². The molecule has 0 aromatic heterocycles. The molecule has 0 spiro atoms. The zero-order valence-corrected chi connectivity index (χ0v) is 12.7. The first-order valence-electron chi connectivity index (χ1n) is 8.11. The summed E-state index contributed by atoms with van der Waals surface area (Å²) in [5.74, 6) is 3.76. The van der Waals surface area contributed by atoms with Gasteiger partial charge in [-0.1, -0.05) is 72.6 Å². The normalized spacial score (nSPS) is 30.2. The quantitative estimate of drug-likeness (QED) is 0.561. The van der Waals surface area contributed by atoms with Gasteiger partial charge < -0.3 is 0 Å². The molecular weight excluding hydrogens is 204 g/mol. The lowest BCUT2D eigenvalue weighted by Gasteiger charge is -2.31. The van der Waals surface area contributed by atoms with Gasteiger partial charge in [0, 0.05) is 0 Å². The molecule has 1 rings (SSSR count). The van der Waals surface area contributed by atoms with Crippen LogP contribution in [0.4, 0.5) is 0 Å². The van der Waals surface area contributed by atoms with E-state index in [1.807, 2.05) is 0 Å². The molecule has 0 heteroatoms. The molecular formula is C17H34. The molecule has 0 radical (unpaired) electrons. The Morgan fingerprint density at radius 1 is 0.824 bits per heavy atom. The number of rotatable bonds is 3. The lowest BCUT2D eigenvalue weighted by Crippen LogP contribution is -2.22. The fourth-order valence-electron chi connectivity index (χ4n) is 3.82. The third-order valence-electron chi connectivity index (χ3n) is 4.75. The predicted octanol–water partition coefficient (Wildman–Crippen LogP) is 6.06. The molecule has 0 heterocycles. The summed E-state index contributed by atoms with van der Waals surface area (Å²) in [7, 11) is 0. The van der Waals surface area contributed by atoms with E-state index in [0.29, 0.717) is 0 Å². The van der Waals surface area contributed by atoms with E-state index < -0.39 is 0 Å². The van der Waals surface area contributed by atoms with Crippen LogP contribution in [0.3, 0.4) is 0 Å². The lowest BCUT2D eigenvalue weighted by atomic mass is 9.74. The fraction of sp³-hybridized carbons (Fsp3) is 1.00. The summed E-state index contributed by atoms with van der Waals surface area (Å²) in [6, 6.07) is 0. The van der Waals surface area contributed by atoms with Gasteiger partial charge in [0.05, 0.1) is 0 Å². The standard InChI is InChI=1S/C17H34/c1-14(2)13-16(4)17-12-10-8-6-5-7-9-11-15(17)3/h14-17H,5-13H2,1-4H3. The highest BCUT2D eigenvalue weighted by Crippen LogP contribution is 2.34. The minimum Gasteiger partial charge on any atom is -0.0628 e. The molecule has 1 aliphatic carbocycles. The van der Waals surface area contributed by atoms with Gasteiger partial charge in [-0.2, -0.15) is 0 Å². The molecule has 3 atom stereocenters. The van der Waals surface area contributed by atoms with Crippen LogP contribution in [0.1, 0.15) is 85.5 Å². The van der Waals surface area contributed by atoms with Gasteiger partial charge >= 0.3 is 0 Å². The first kappa shape index (κ1) is 15.1. The Morgan fingerprint density at radius 2 is 1.35 bits per heavy atom. The highest BCUT2D eigenvalue weighted by Gasteiger charge is 2.24. The van der Waals surface area contributed by atoms with E-state index in [4.69, 9.17) is 0 Å². The second-order valence-corrected chi connectivity index (χ2v) is 6.95. The Bertz CT molecular complexity index is 182. The van der Waals surface area contributed by atoms with Crippen LogP contribution < -0.4 is 0 Å². The predicted molar refractivity (Wildman–Crippen MR) is 78.2 cm³/mol. The molecule has 0 aromatic carbocycles. The van der Waals surface area contributed by atoms with Crippen molar-refractivity contribution in [2.45, 2.75) is 85.5 Å². The molecule has 0 amide bonds. The third-order valence-corrected chi connectivity index (χ3v) is 4.75. The lowest BCUT2D eigenvalue weighted by molar-refractivity contribution is 0.191. The molecule has 17 heavy (non-hydrogen) atoms. The monoisotopic (exact) mass is 238 g/mol. The molecule has 3 unspecified atom stereocenters. The van der Waals surface area contributed by atoms with Crippen LogP contribution in [0, 0.1) is 23.7 Å². The van der Waals surface area contributed by atoms with Crippen LogP contribution in [0.5, 0.6) is 0 Å². The molecule has 102 valence electrons. The SMILES string of the molecule is CC(C)CC(C)C1CCCCCCCCC1C. The van der Waals surface area contributed by atoms with Crippen molar-refractivity contribution in [1.82, 2.24) is 0 Å². The first-order chi connectivity index (χ1) is 8.11. The minimum absolute atomic E-state index is 0.868. The second-order valence-electron chi connectivity index (χ2n) is 6.95. The van der Waals surface area contributed by atoms with E-state index in [1.165, 1.54) is 57.8 Å². The van der Waals surface area contributed by atoms with Crippen LogP contribution in [-0.4, -0.2) is 0 Å². The summed E-state index contributed by atoms with van der Waals surface area (Å²) < 4.78 is 0. The van der Waals surface area contributed by atoms with Crippen molar-refractivity contribution in [3.63, 3.8) is 0 Å². The van der Waals surface area contributed by atoms with Crippen molar-refractivity contribution in [2.75, 3.05) is 0 Å². The summed E-state index contributed by atoms with van der Waals surface area (Å²) in [6.45, 7) is 9.78. The van der Waals surface area contributed by atoms with Crippen LogP contribution >= 0.6 is 0 Å². The van der Waals surface area contributed by atoms with Gasteiger partial charge in [-0.05, 0) is 36.5 Å². The van der Waals surface area contributed by atoms with Gasteiger partial charge in [-0.25, -0.2) is 0 Å². The van der Waals surface area contributed by atoms with E-state index in [1.54, 1.807) is 0 Å². The molecule has 1 saturated carbocycles. The van der Waals surface area contributed by atoms with Crippen LogP contribution in [0.25, 0.3) is 0 Å². The van der Waals surface area contributed by atoms with E-state index in [-0.39, 0.29) is 0 Å². The van der Waals surface area contributed by atoms with Crippen molar-refractivity contribution < 1.29 is 0 Å². The molecule has 1 fully saturated rings. The summed E-state index contributed by atoms with van der Waals surface area (Å²) >= 11 is 0. The molecule has 0 saturated heterocycles. The second kappa shape index (κ2) is 8.16. The van der Waals surface area contributed by atoms with Gasteiger partial charge in [0.2, 0.25) is 0 Å².